The molecule has 0 aliphatic carbocycles. The maximum Gasteiger partial charge on any atom is 0.405 e. The van der Waals surface area contributed by atoms with Crippen molar-refractivity contribution >= 4 is 29.8 Å². The van der Waals surface area contributed by atoms with Crippen molar-refractivity contribution < 1.29 is 19.5 Å². The van der Waals surface area contributed by atoms with Crippen molar-refractivity contribution in [3.8, 4) is 0 Å². The van der Waals surface area contributed by atoms with Crippen LogP contribution in [0, 0.1) is 6.92 Å². The van der Waals surface area contributed by atoms with Crippen molar-refractivity contribution in [3.05, 3.63) is 17.7 Å². The molecule has 148 valence electrons. The standard InChI is InChI=1S/C16H24N6O4S/c1-11-17-9-12-10-21(16(26)22(11)12)20-6-4-19(5-7-20)14(23)13(3-8-27-2)18-15(24)25/h9,13,18H,3-8,10H2,1-2H3,(H,24,25)/t13-/m1/s1. The highest BCUT2D eigenvalue weighted by Crippen LogP contribution is 2.21. The lowest BCUT2D eigenvalue weighted by molar-refractivity contribution is -0.137. The molecule has 0 bridgehead atoms. The third-order valence-corrected chi connectivity index (χ3v) is 5.49. The van der Waals surface area contributed by atoms with Gasteiger partial charge in [-0.1, -0.05) is 0 Å². The number of piperazine rings is 1. The highest BCUT2D eigenvalue weighted by molar-refractivity contribution is 7.98. The van der Waals surface area contributed by atoms with Gasteiger partial charge in [-0.25, -0.2) is 24.1 Å². The summed E-state index contributed by atoms with van der Waals surface area (Å²) in [5.74, 6) is 1.16. The molecule has 1 atom stereocenters. The summed E-state index contributed by atoms with van der Waals surface area (Å²) >= 11 is 1.57. The van der Waals surface area contributed by atoms with E-state index in [0.29, 0.717) is 50.7 Å². The van der Waals surface area contributed by atoms with Crippen molar-refractivity contribution in [2.75, 3.05) is 38.2 Å². The molecule has 0 saturated carbocycles. The van der Waals surface area contributed by atoms with E-state index in [9.17, 15) is 14.4 Å². The van der Waals surface area contributed by atoms with Crippen LogP contribution in [0.25, 0.3) is 0 Å². The van der Waals surface area contributed by atoms with Crippen molar-refractivity contribution in [2.24, 2.45) is 0 Å². The van der Waals surface area contributed by atoms with Gasteiger partial charge in [-0.05, 0) is 25.4 Å². The summed E-state index contributed by atoms with van der Waals surface area (Å²) in [5, 5.41) is 14.9. The molecular formula is C16H24N6O4S. The molecular weight excluding hydrogens is 372 g/mol. The van der Waals surface area contributed by atoms with Gasteiger partial charge in [0.05, 0.1) is 18.4 Å². The second-order valence-electron chi connectivity index (χ2n) is 6.53. The van der Waals surface area contributed by atoms with Crippen molar-refractivity contribution in [3.63, 3.8) is 0 Å². The molecule has 3 rings (SSSR count). The molecule has 0 unspecified atom stereocenters. The highest BCUT2D eigenvalue weighted by atomic mass is 32.2. The van der Waals surface area contributed by atoms with Crippen molar-refractivity contribution in [1.29, 1.82) is 0 Å². The Morgan fingerprint density at radius 3 is 2.63 bits per heavy atom. The van der Waals surface area contributed by atoms with Gasteiger partial charge in [-0.2, -0.15) is 11.8 Å². The molecule has 27 heavy (non-hydrogen) atoms. The van der Waals surface area contributed by atoms with Crippen LogP contribution in [-0.4, -0.2) is 91.8 Å². The zero-order valence-corrected chi connectivity index (χ0v) is 16.2. The fraction of sp³-hybridized carbons (Fsp3) is 0.625. The molecule has 10 nitrogen and oxygen atoms in total. The number of hydrazine groups is 1. The molecule has 2 N–H and O–H groups in total. The fourth-order valence-electron chi connectivity index (χ4n) is 3.44. The maximum atomic E-state index is 12.7. The number of hydrogen-bond acceptors (Lipinski definition) is 6. The third kappa shape index (κ3) is 4.03. The Hall–Kier alpha value is -2.27. The summed E-state index contributed by atoms with van der Waals surface area (Å²) in [4.78, 5) is 42.1. The molecule has 3 amide bonds. The van der Waals surface area contributed by atoms with Crippen molar-refractivity contribution in [2.45, 2.75) is 25.9 Å². The molecule has 1 aromatic rings. The van der Waals surface area contributed by atoms with E-state index in [0.717, 1.165) is 5.69 Å². The Labute approximate surface area is 161 Å². The lowest BCUT2D eigenvalue weighted by Gasteiger charge is -2.39. The summed E-state index contributed by atoms with van der Waals surface area (Å²) in [7, 11) is 0. The minimum Gasteiger partial charge on any atom is -0.465 e. The number of carbonyl (C=O) groups excluding carboxylic acids is 2. The van der Waals surface area contributed by atoms with Gasteiger partial charge in [-0.3, -0.25) is 9.80 Å². The lowest BCUT2D eigenvalue weighted by Crippen LogP contribution is -2.58. The van der Waals surface area contributed by atoms with Gasteiger partial charge in [0, 0.05) is 26.2 Å². The number of hydrogen-bond donors (Lipinski definition) is 2. The van der Waals surface area contributed by atoms with Gasteiger partial charge in [0.2, 0.25) is 5.91 Å². The minimum absolute atomic E-state index is 0.120. The van der Waals surface area contributed by atoms with Gasteiger partial charge in [-0.15, -0.1) is 0 Å². The second kappa shape index (κ2) is 8.17. The number of thioether (sulfide) groups is 1. The largest absolute Gasteiger partial charge is 0.465 e. The van der Waals surface area contributed by atoms with E-state index in [-0.39, 0.29) is 11.9 Å². The highest BCUT2D eigenvalue weighted by Gasteiger charge is 2.36. The van der Waals surface area contributed by atoms with Gasteiger partial charge in [0.15, 0.2) is 0 Å². The Morgan fingerprint density at radius 1 is 1.33 bits per heavy atom. The van der Waals surface area contributed by atoms with Crippen LogP contribution in [0.4, 0.5) is 9.59 Å². The second-order valence-corrected chi connectivity index (χ2v) is 7.52. The predicted octanol–water partition coefficient (Wildman–Crippen LogP) is 0.424. The number of carbonyl (C=O) groups is 3. The third-order valence-electron chi connectivity index (χ3n) is 4.85. The van der Waals surface area contributed by atoms with E-state index in [1.807, 2.05) is 11.3 Å². The summed E-state index contributed by atoms with van der Waals surface area (Å²) in [5.41, 5.74) is 0.860. The first kappa shape index (κ1) is 19.5. The Morgan fingerprint density at radius 2 is 2.04 bits per heavy atom. The summed E-state index contributed by atoms with van der Waals surface area (Å²) in [6.07, 6.45) is 2.89. The Balaban J connectivity index is 1.57. The number of nitrogens with zero attached hydrogens (tertiary/aromatic N) is 5. The lowest BCUT2D eigenvalue weighted by atomic mass is 10.2. The molecule has 0 spiro atoms. The molecule has 2 aliphatic heterocycles. The molecule has 2 aliphatic rings. The topological polar surface area (TPSA) is 111 Å². The van der Waals surface area contributed by atoms with E-state index < -0.39 is 12.1 Å². The first-order valence-corrected chi connectivity index (χ1v) is 10.2. The van der Waals surface area contributed by atoms with Crippen LogP contribution in [-0.2, 0) is 11.3 Å². The van der Waals surface area contributed by atoms with Gasteiger partial charge in [0.25, 0.3) is 0 Å². The fourth-order valence-corrected chi connectivity index (χ4v) is 3.91. The number of carboxylic acid groups (broad SMARTS) is 1. The summed E-state index contributed by atoms with van der Waals surface area (Å²) in [6.45, 7) is 4.22. The number of rotatable bonds is 6. The van der Waals surface area contributed by atoms with Crippen LogP contribution in [0.3, 0.4) is 0 Å². The smallest absolute Gasteiger partial charge is 0.405 e. The van der Waals surface area contributed by atoms with Gasteiger partial charge in [0.1, 0.15) is 11.9 Å². The predicted molar refractivity (Wildman–Crippen MR) is 99.4 cm³/mol. The molecule has 1 fully saturated rings. The normalized spacial score (nSPS) is 18.5. The molecule has 11 heteroatoms. The number of nitrogens with one attached hydrogen (secondary N) is 1. The molecule has 1 saturated heterocycles. The zero-order valence-electron chi connectivity index (χ0n) is 15.4. The average Bonchev–Trinajstić information content (AvgIpc) is 3.18. The van der Waals surface area contributed by atoms with E-state index in [1.54, 1.807) is 39.4 Å². The molecule has 1 aromatic heterocycles. The number of aromatic nitrogens is 2. The Bertz CT molecular complexity index is 730. The van der Waals surface area contributed by atoms with Crippen LogP contribution < -0.4 is 5.32 Å². The Kier molecular flexibility index (Phi) is 5.90. The average molecular weight is 396 g/mol. The molecule has 0 radical (unpaired) electrons. The monoisotopic (exact) mass is 396 g/mol. The van der Waals surface area contributed by atoms with Crippen LogP contribution in [0.15, 0.2) is 6.20 Å². The first-order valence-electron chi connectivity index (χ1n) is 8.79. The van der Waals surface area contributed by atoms with E-state index in [2.05, 4.69) is 10.3 Å². The van der Waals surface area contributed by atoms with Crippen LogP contribution in [0.2, 0.25) is 0 Å². The molecule has 3 heterocycles. The molecule has 0 aromatic carbocycles. The summed E-state index contributed by atoms with van der Waals surface area (Å²) < 4.78 is 1.60. The number of aryl methyl sites for hydroxylation is 1. The zero-order chi connectivity index (χ0) is 19.6. The van der Waals surface area contributed by atoms with E-state index in [1.165, 1.54) is 0 Å². The number of fused-ring (bicyclic) bond motifs is 1. The van der Waals surface area contributed by atoms with Crippen LogP contribution in [0.5, 0.6) is 0 Å². The number of amides is 3. The van der Waals surface area contributed by atoms with E-state index in [4.69, 9.17) is 5.11 Å². The van der Waals surface area contributed by atoms with E-state index >= 15 is 0 Å². The van der Waals surface area contributed by atoms with Crippen LogP contribution in [0.1, 0.15) is 17.9 Å². The van der Waals surface area contributed by atoms with Crippen LogP contribution >= 0.6 is 11.8 Å². The van der Waals surface area contributed by atoms with Crippen molar-refractivity contribution in [1.82, 2.24) is 29.8 Å². The summed E-state index contributed by atoms with van der Waals surface area (Å²) in [6, 6.07) is -0.852. The van der Waals surface area contributed by atoms with Gasteiger partial charge >= 0.3 is 12.1 Å². The number of imidazole rings is 1. The SMILES string of the molecule is CSCC[C@@H](NC(=O)O)C(=O)N1CCN(N2Cc3cnc(C)n3C2=O)CC1. The van der Waals surface area contributed by atoms with Gasteiger partial charge < -0.3 is 15.3 Å². The first-order chi connectivity index (χ1) is 12.9. The minimum atomic E-state index is -1.19. The maximum absolute atomic E-state index is 12.7. The quantitative estimate of drug-likeness (QED) is 0.717.